The van der Waals surface area contributed by atoms with Crippen molar-refractivity contribution in [2.24, 2.45) is 0 Å². The number of hydrogen-bond donors (Lipinski definition) is 4. The standard InChI is InChI=1S/C29H31ClN4O3.2ClH/c30-25-16-20(17-27(35)32-8-9-34-10-12-37-13-11-34)15-24(29(25)36)28-23(14-19-4-2-1-3-5-19)22-18-21(31)6-7-26(22)33-28;;/h1-7,15-16,18,33,36H,8-14,17,31H2,(H,32,35);2*1H. The number of carbonyl (C=O) groups is 1. The van der Waals surface area contributed by atoms with E-state index in [2.05, 4.69) is 27.3 Å². The van der Waals surface area contributed by atoms with Crippen LogP contribution in [0.25, 0.3) is 22.2 Å². The minimum absolute atomic E-state index is 0. The molecule has 2 heterocycles. The van der Waals surface area contributed by atoms with Gasteiger partial charge in [-0.15, -0.1) is 24.8 Å². The fourth-order valence-electron chi connectivity index (χ4n) is 4.85. The number of phenols is 1. The van der Waals surface area contributed by atoms with Crippen LogP contribution in [0.15, 0.2) is 60.7 Å². The molecule has 1 aromatic heterocycles. The van der Waals surface area contributed by atoms with E-state index in [1.54, 1.807) is 6.07 Å². The Balaban J connectivity index is 0.00000210. The van der Waals surface area contributed by atoms with Gasteiger partial charge < -0.3 is 25.9 Å². The average molecular weight is 592 g/mol. The van der Waals surface area contributed by atoms with Crippen LogP contribution in [-0.4, -0.2) is 60.3 Å². The summed E-state index contributed by atoms with van der Waals surface area (Å²) in [6, 6.07) is 19.3. The Morgan fingerprint density at radius 1 is 1.05 bits per heavy atom. The SMILES string of the molecule is Cl.Cl.Nc1ccc2[nH]c(-c3cc(CC(=O)NCCN4CCOCC4)cc(Cl)c3O)c(Cc3ccccc3)c2c1. The van der Waals surface area contributed by atoms with Crippen LogP contribution in [0, 0.1) is 0 Å². The summed E-state index contributed by atoms with van der Waals surface area (Å²) in [5, 5.41) is 15.2. The summed E-state index contributed by atoms with van der Waals surface area (Å²) in [4.78, 5) is 18.4. The van der Waals surface area contributed by atoms with E-state index in [1.165, 1.54) is 0 Å². The summed E-state index contributed by atoms with van der Waals surface area (Å²) in [5.41, 5.74) is 11.9. The first-order chi connectivity index (χ1) is 18.0. The molecule has 0 saturated carbocycles. The quantitative estimate of drug-likeness (QED) is 0.211. The number of nitrogens with two attached hydrogens (primary N) is 1. The van der Waals surface area contributed by atoms with Crippen molar-refractivity contribution >= 4 is 58.9 Å². The number of morpholine rings is 1. The first-order valence-electron chi connectivity index (χ1n) is 12.5. The van der Waals surface area contributed by atoms with Gasteiger partial charge in [0.15, 0.2) is 0 Å². The molecular weight excluding hydrogens is 559 g/mol. The van der Waals surface area contributed by atoms with Crippen LogP contribution in [0.4, 0.5) is 5.69 Å². The lowest BCUT2D eigenvalue weighted by atomic mass is 9.96. The summed E-state index contributed by atoms with van der Waals surface area (Å²) in [6.07, 6.45) is 0.806. The molecule has 7 nitrogen and oxygen atoms in total. The lowest BCUT2D eigenvalue weighted by Crippen LogP contribution is -2.41. The third-order valence-corrected chi connectivity index (χ3v) is 7.05. The normalized spacial score (nSPS) is 13.5. The minimum Gasteiger partial charge on any atom is -0.506 e. The number of H-pyrrole nitrogens is 1. The van der Waals surface area contributed by atoms with Crippen LogP contribution in [0.1, 0.15) is 16.7 Å². The van der Waals surface area contributed by atoms with Crippen molar-refractivity contribution in [1.82, 2.24) is 15.2 Å². The first kappa shape index (κ1) is 30.6. The van der Waals surface area contributed by atoms with Gasteiger partial charge in [0, 0.05) is 54.8 Å². The number of carbonyl (C=O) groups excluding carboxylic acids is 1. The third kappa shape index (κ3) is 7.38. The molecule has 4 aromatic rings. The van der Waals surface area contributed by atoms with Gasteiger partial charge in [-0.3, -0.25) is 9.69 Å². The van der Waals surface area contributed by atoms with E-state index < -0.39 is 0 Å². The van der Waals surface area contributed by atoms with Crippen molar-refractivity contribution in [2.75, 3.05) is 45.1 Å². The van der Waals surface area contributed by atoms with Crippen LogP contribution >= 0.6 is 36.4 Å². The second kappa shape index (κ2) is 13.9. The molecular formula is C29H33Cl3N4O3. The Labute approximate surface area is 245 Å². The molecule has 0 atom stereocenters. The Morgan fingerprint density at radius 2 is 1.79 bits per heavy atom. The van der Waals surface area contributed by atoms with Gasteiger partial charge in [-0.05, 0) is 47.0 Å². The van der Waals surface area contributed by atoms with Crippen molar-refractivity contribution < 1.29 is 14.6 Å². The van der Waals surface area contributed by atoms with Gasteiger partial charge in [0.2, 0.25) is 5.91 Å². The van der Waals surface area contributed by atoms with Crippen LogP contribution < -0.4 is 11.1 Å². The third-order valence-electron chi connectivity index (χ3n) is 6.77. The van der Waals surface area contributed by atoms with Gasteiger partial charge in [-0.1, -0.05) is 41.9 Å². The summed E-state index contributed by atoms with van der Waals surface area (Å²) >= 11 is 6.46. The molecule has 0 aliphatic carbocycles. The molecule has 5 rings (SSSR count). The van der Waals surface area contributed by atoms with Crippen LogP contribution in [0.2, 0.25) is 5.02 Å². The van der Waals surface area contributed by atoms with E-state index >= 15 is 0 Å². The Morgan fingerprint density at radius 3 is 2.54 bits per heavy atom. The van der Waals surface area contributed by atoms with Crippen molar-refractivity contribution in [2.45, 2.75) is 12.8 Å². The summed E-state index contributed by atoms with van der Waals surface area (Å²) in [6.45, 7) is 4.59. The van der Waals surface area contributed by atoms with Gasteiger partial charge in [0.1, 0.15) is 5.75 Å². The maximum atomic E-state index is 12.7. The van der Waals surface area contributed by atoms with E-state index in [-0.39, 0.29) is 47.9 Å². The molecule has 5 N–H and O–H groups in total. The van der Waals surface area contributed by atoms with Crippen molar-refractivity contribution in [3.63, 3.8) is 0 Å². The lowest BCUT2D eigenvalue weighted by Gasteiger charge is -2.26. The van der Waals surface area contributed by atoms with Gasteiger partial charge in [0.25, 0.3) is 0 Å². The van der Waals surface area contributed by atoms with Gasteiger partial charge in [0.05, 0.1) is 30.4 Å². The maximum absolute atomic E-state index is 12.7. The molecule has 0 bridgehead atoms. The highest BCUT2D eigenvalue weighted by Crippen LogP contribution is 2.41. The highest BCUT2D eigenvalue weighted by molar-refractivity contribution is 6.32. The number of phenolic OH excluding ortho intramolecular Hbond substituents is 1. The second-order valence-corrected chi connectivity index (χ2v) is 9.81. The zero-order chi connectivity index (χ0) is 25.8. The molecule has 1 fully saturated rings. The minimum atomic E-state index is -0.0881. The largest absolute Gasteiger partial charge is 0.506 e. The van der Waals surface area contributed by atoms with E-state index in [1.807, 2.05) is 42.5 Å². The number of nitrogen functional groups attached to an aromatic ring is 1. The summed E-state index contributed by atoms with van der Waals surface area (Å²) < 4.78 is 5.37. The number of benzene rings is 3. The number of aromatic nitrogens is 1. The lowest BCUT2D eigenvalue weighted by molar-refractivity contribution is -0.120. The summed E-state index contributed by atoms with van der Waals surface area (Å²) in [5.74, 6) is -0.109. The zero-order valence-corrected chi connectivity index (χ0v) is 23.8. The number of halogens is 3. The Kier molecular flexibility index (Phi) is 10.9. The molecule has 3 aromatic carbocycles. The molecule has 0 radical (unpaired) electrons. The van der Waals surface area contributed by atoms with Crippen LogP contribution in [-0.2, 0) is 22.4 Å². The van der Waals surface area contributed by atoms with Crippen LogP contribution in [0.5, 0.6) is 5.75 Å². The zero-order valence-electron chi connectivity index (χ0n) is 21.4. The number of anilines is 1. The Hall–Kier alpha value is -2.94. The number of fused-ring (bicyclic) bond motifs is 1. The maximum Gasteiger partial charge on any atom is 0.224 e. The molecule has 1 amide bonds. The van der Waals surface area contributed by atoms with Crippen molar-refractivity contribution in [3.05, 3.63) is 82.4 Å². The van der Waals surface area contributed by atoms with Crippen molar-refractivity contribution in [1.29, 1.82) is 0 Å². The molecule has 0 spiro atoms. The fraction of sp³-hybridized carbons (Fsp3) is 0.276. The van der Waals surface area contributed by atoms with E-state index in [0.29, 0.717) is 24.2 Å². The number of nitrogens with one attached hydrogen (secondary N) is 2. The highest BCUT2D eigenvalue weighted by Gasteiger charge is 2.20. The molecule has 1 saturated heterocycles. The number of nitrogens with zero attached hydrogens (tertiary/aromatic N) is 1. The van der Waals surface area contributed by atoms with E-state index in [0.717, 1.165) is 66.1 Å². The topological polar surface area (TPSA) is 104 Å². The predicted molar refractivity (Wildman–Crippen MR) is 163 cm³/mol. The fourth-order valence-corrected chi connectivity index (χ4v) is 5.09. The Bertz CT molecular complexity index is 1410. The number of hydrogen-bond acceptors (Lipinski definition) is 5. The van der Waals surface area contributed by atoms with E-state index in [9.17, 15) is 9.90 Å². The predicted octanol–water partition coefficient (Wildman–Crippen LogP) is 5.20. The molecule has 1 aliphatic rings. The van der Waals surface area contributed by atoms with Gasteiger partial charge >= 0.3 is 0 Å². The molecule has 10 heteroatoms. The second-order valence-electron chi connectivity index (χ2n) is 9.40. The number of ether oxygens (including phenoxy) is 1. The van der Waals surface area contributed by atoms with E-state index in [4.69, 9.17) is 22.1 Å². The van der Waals surface area contributed by atoms with Crippen LogP contribution in [0.3, 0.4) is 0 Å². The molecule has 39 heavy (non-hydrogen) atoms. The number of rotatable bonds is 8. The number of aromatic amines is 1. The highest BCUT2D eigenvalue weighted by atomic mass is 35.5. The monoisotopic (exact) mass is 590 g/mol. The molecule has 0 unspecified atom stereocenters. The number of amides is 1. The smallest absolute Gasteiger partial charge is 0.224 e. The molecule has 1 aliphatic heterocycles. The first-order valence-corrected chi connectivity index (χ1v) is 12.9. The van der Waals surface area contributed by atoms with Gasteiger partial charge in [-0.2, -0.15) is 0 Å². The average Bonchev–Trinajstić information content (AvgIpc) is 3.24. The summed E-state index contributed by atoms with van der Waals surface area (Å²) in [7, 11) is 0. The molecule has 208 valence electrons. The van der Waals surface area contributed by atoms with Crippen molar-refractivity contribution in [3.8, 4) is 17.0 Å². The van der Waals surface area contributed by atoms with Gasteiger partial charge in [-0.25, -0.2) is 0 Å². The number of aromatic hydroxyl groups is 1.